The summed E-state index contributed by atoms with van der Waals surface area (Å²) in [6, 6.07) is 4.51. The van der Waals surface area contributed by atoms with Gasteiger partial charge in [0.1, 0.15) is 11.9 Å². The lowest BCUT2D eigenvalue weighted by atomic mass is 10.1. The van der Waals surface area contributed by atoms with Gasteiger partial charge in [0.15, 0.2) is 0 Å². The molecule has 0 radical (unpaired) electrons. The van der Waals surface area contributed by atoms with Crippen molar-refractivity contribution in [1.29, 1.82) is 0 Å². The fraction of sp³-hybridized carbons (Fsp3) is 0.500. The van der Waals surface area contributed by atoms with Crippen LogP contribution in [0, 0.1) is 5.82 Å². The summed E-state index contributed by atoms with van der Waals surface area (Å²) in [5.41, 5.74) is 6.19. The number of amides is 1. The highest BCUT2D eigenvalue weighted by atomic mass is 35.5. The third kappa shape index (κ3) is 4.81. The lowest BCUT2D eigenvalue weighted by molar-refractivity contribution is -0.139. The zero-order valence-electron chi connectivity index (χ0n) is 11.6. The van der Waals surface area contributed by atoms with E-state index in [0.29, 0.717) is 39.1 Å². The average molecular weight is 337 g/mol. The van der Waals surface area contributed by atoms with Crippen LogP contribution in [0.15, 0.2) is 18.2 Å². The molecular formula is C14H19Cl2FN2O2. The van der Waals surface area contributed by atoms with Crippen molar-refractivity contribution in [3.05, 3.63) is 34.6 Å². The van der Waals surface area contributed by atoms with Crippen LogP contribution in [-0.4, -0.2) is 37.0 Å². The van der Waals surface area contributed by atoms with Crippen molar-refractivity contribution in [3.63, 3.8) is 0 Å². The Labute approximate surface area is 134 Å². The summed E-state index contributed by atoms with van der Waals surface area (Å²) in [5, 5.41) is 0.0673. The fourth-order valence-corrected chi connectivity index (χ4v) is 2.39. The molecule has 118 valence electrons. The maximum atomic E-state index is 13.2. The van der Waals surface area contributed by atoms with E-state index in [1.807, 2.05) is 0 Å². The van der Waals surface area contributed by atoms with Crippen molar-refractivity contribution in [3.8, 4) is 0 Å². The number of nitrogens with two attached hydrogens (primary N) is 1. The number of nitrogens with zero attached hydrogens (tertiary/aromatic N) is 1. The molecule has 1 aromatic rings. The van der Waals surface area contributed by atoms with Crippen molar-refractivity contribution in [2.45, 2.75) is 18.9 Å². The standard InChI is InChI=1S/C14H18ClFN2O2.ClH/c15-11-8-10(3-4-12(11)16)13-9-18(6-7-20-13)14(19)2-1-5-17;/h3-4,8,13H,1-2,5-7,9,17H2;1H. The minimum Gasteiger partial charge on any atom is -0.370 e. The molecule has 7 heteroatoms. The Hall–Kier alpha value is -0.880. The van der Waals surface area contributed by atoms with Crippen LogP contribution < -0.4 is 5.73 Å². The minimum absolute atomic E-state index is 0. The van der Waals surface area contributed by atoms with E-state index in [4.69, 9.17) is 22.1 Å². The first-order chi connectivity index (χ1) is 9.61. The number of morpholine rings is 1. The van der Waals surface area contributed by atoms with Gasteiger partial charge in [-0.25, -0.2) is 4.39 Å². The van der Waals surface area contributed by atoms with Crippen LogP contribution in [0.2, 0.25) is 5.02 Å². The average Bonchev–Trinajstić information content (AvgIpc) is 2.47. The van der Waals surface area contributed by atoms with Gasteiger partial charge in [0, 0.05) is 13.0 Å². The van der Waals surface area contributed by atoms with Crippen molar-refractivity contribution >= 4 is 29.9 Å². The number of ether oxygens (including phenoxy) is 1. The topological polar surface area (TPSA) is 55.6 Å². The van der Waals surface area contributed by atoms with E-state index >= 15 is 0 Å². The van der Waals surface area contributed by atoms with Crippen LogP contribution in [0.5, 0.6) is 0 Å². The van der Waals surface area contributed by atoms with Crippen LogP contribution in [0.3, 0.4) is 0 Å². The van der Waals surface area contributed by atoms with Gasteiger partial charge < -0.3 is 15.4 Å². The number of hydrogen-bond acceptors (Lipinski definition) is 3. The molecule has 0 saturated carbocycles. The van der Waals surface area contributed by atoms with E-state index < -0.39 is 5.82 Å². The molecule has 0 aromatic heterocycles. The number of carbonyl (C=O) groups excluding carboxylic acids is 1. The molecule has 2 N–H and O–H groups in total. The van der Waals surface area contributed by atoms with Crippen LogP contribution in [0.4, 0.5) is 4.39 Å². The number of hydrogen-bond donors (Lipinski definition) is 1. The highest BCUT2D eigenvalue weighted by molar-refractivity contribution is 6.30. The molecule has 21 heavy (non-hydrogen) atoms. The second-order valence-corrected chi connectivity index (χ2v) is 5.17. The van der Waals surface area contributed by atoms with Gasteiger partial charge in [0.05, 0.1) is 18.2 Å². The summed E-state index contributed by atoms with van der Waals surface area (Å²) >= 11 is 5.78. The normalized spacial score (nSPS) is 18.2. The van der Waals surface area contributed by atoms with Gasteiger partial charge in [-0.3, -0.25) is 4.79 Å². The van der Waals surface area contributed by atoms with Crippen LogP contribution >= 0.6 is 24.0 Å². The number of benzene rings is 1. The first-order valence-electron chi connectivity index (χ1n) is 6.66. The molecule has 1 aliphatic heterocycles. The monoisotopic (exact) mass is 336 g/mol. The van der Waals surface area contributed by atoms with Gasteiger partial charge in [-0.2, -0.15) is 0 Å². The van der Waals surface area contributed by atoms with E-state index in [1.165, 1.54) is 6.07 Å². The molecule has 1 fully saturated rings. The second-order valence-electron chi connectivity index (χ2n) is 4.76. The molecule has 1 aromatic carbocycles. The number of carbonyl (C=O) groups is 1. The predicted molar refractivity (Wildman–Crippen MR) is 82.2 cm³/mol. The lowest BCUT2D eigenvalue weighted by Gasteiger charge is -2.33. The van der Waals surface area contributed by atoms with Gasteiger partial charge in [-0.05, 0) is 30.7 Å². The largest absolute Gasteiger partial charge is 0.370 e. The van der Waals surface area contributed by atoms with Gasteiger partial charge in [-0.1, -0.05) is 17.7 Å². The first-order valence-corrected chi connectivity index (χ1v) is 7.04. The Morgan fingerprint density at radius 1 is 1.52 bits per heavy atom. The Morgan fingerprint density at radius 3 is 2.95 bits per heavy atom. The van der Waals surface area contributed by atoms with Crippen molar-refractivity contribution in [1.82, 2.24) is 4.90 Å². The Morgan fingerprint density at radius 2 is 2.29 bits per heavy atom. The Balaban J connectivity index is 0.00000220. The molecule has 1 heterocycles. The van der Waals surface area contributed by atoms with Crippen LogP contribution in [-0.2, 0) is 9.53 Å². The van der Waals surface area contributed by atoms with E-state index in [9.17, 15) is 9.18 Å². The van der Waals surface area contributed by atoms with Gasteiger partial charge in [0.2, 0.25) is 5.91 Å². The summed E-state index contributed by atoms with van der Waals surface area (Å²) in [6.45, 7) is 2.02. The quantitative estimate of drug-likeness (QED) is 0.919. The number of halogens is 3. The molecule has 2 rings (SSSR count). The second kappa shape index (κ2) is 8.54. The minimum atomic E-state index is -0.456. The molecule has 1 saturated heterocycles. The van der Waals surface area contributed by atoms with E-state index in [0.717, 1.165) is 5.56 Å². The third-order valence-electron chi connectivity index (χ3n) is 3.33. The number of rotatable bonds is 4. The molecule has 1 amide bonds. The van der Waals surface area contributed by atoms with E-state index in [-0.39, 0.29) is 29.4 Å². The van der Waals surface area contributed by atoms with Crippen molar-refractivity contribution in [2.24, 2.45) is 5.73 Å². The third-order valence-corrected chi connectivity index (χ3v) is 3.62. The van der Waals surface area contributed by atoms with Gasteiger partial charge >= 0.3 is 0 Å². The summed E-state index contributed by atoms with van der Waals surface area (Å²) in [5.74, 6) is -0.376. The Bertz CT molecular complexity index is 488. The maximum Gasteiger partial charge on any atom is 0.222 e. The van der Waals surface area contributed by atoms with Crippen molar-refractivity contribution < 1.29 is 13.9 Å². The first kappa shape index (κ1) is 18.2. The summed E-state index contributed by atoms with van der Waals surface area (Å²) < 4.78 is 18.8. The molecule has 0 aliphatic carbocycles. The smallest absolute Gasteiger partial charge is 0.222 e. The zero-order chi connectivity index (χ0) is 14.5. The van der Waals surface area contributed by atoms with Crippen molar-refractivity contribution in [2.75, 3.05) is 26.2 Å². The molecule has 1 unspecified atom stereocenters. The summed E-state index contributed by atoms with van der Waals surface area (Å²) in [4.78, 5) is 13.7. The maximum absolute atomic E-state index is 13.2. The predicted octanol–water partition coefficient (Wildman–Crippen LogP) is 2.54. The van der Waals surface area contributed by atoms with Crippen LogP contribution in [0.25, 0.3) is 0 Å². The van der Waals surface area contributed by atoms with E-state index in [2.05, 4.69) is 0 Å². The molecule has 1 aliphatic rings. The Kier molecular flexibility index (Phi) is 7.39. The molecule has 0 spiro atoms. The molecule has 1 atom stereocenters. The summed E-state index contributed by atoms with van der Waals surface area (Å²) in [6.07, 6.45) is 0.875. The van der Waals surface area contributed by atoms with E-state index in [1.54, 1.807) is 17.0 Å². The highest BCUT2D eigenvalue weighted by Crippen LogP contribution is 2.26. The SMILES string of the molecule is Cl.NCCCC(=O)N1CCOC(c2ccc(F)c(Cl)c2)C1. The molecular weight excluding hydrogens is 318 g/mol. The van der Waals surface area contributed by atoms with Crippen LogP contribution in [0.1, 0.15) is 24.5 Å². The van der Waals surface area contributed by atoms with Gasteiger partial charge in [-0.15, -0.1) is 12.4 Å². The lowest BCUT2D eigenvalue weighted by Crippen LogP contribution is -2.42. The zero-order valence-corrected chi connectivity index (χ0v) is 13.1. The molecule has 4 nitrogen and oxygen atoms in total. The molecule has 0 bridgehead atoms. The fourth-order valence-electron chi connectivity index (χ4n) is 2.20. The van der Waals surface area contributed by atoms with Gasteiger partial charge in [0.25, 0.3) is 0 Å². The highest BCUT2D eigenvalue weighted by Gasteiger charge is 2.25. The summed E-state index contributed by atoms with van der Waals surface area (Å²) in [7, 11) is 0.